The van der Waals surface area contributed by atoms with Crippen LogP contribution in [0.4, 0.5) is 4.79 Å². The molecule has 104 valence electrons. The van der Waals surface area contributed by atoms with E-state index in [-0.39, 0.29) is 12.5 Å². The summed E-state index contributed by atoms with van der Waals surface area (Å²) in [7, 11) is 0. The number of carbonyl (C=O) groups is 2. The Bertz CT molecular complexity index is 712. The molecule has 0 atom stereocenters. The van der Waals surface area contributed by atoms with Gasteiger partial charge in [0.25, 0.3) is 5.91 Å². The molecule has 3 heterocycles. The Labute approximate surface area is 116 Å². The second kappa shape index (κ2) is 4.06. The first kappa shape index (κ1) is 12.7. The smallest absolute Gasteiger partial charge is 0.417 e. The molecule has 0 fully saturated rings. The molecule has 6 heteroatoms. The maximum atomic E-state index is 12.4. The quantitative estimate of drug-likeness (QED) is 0.738. The van der Waals surface area contributed by atoms with E-state index in [9.17, 15) is 9.59 Å². The van der Waals surface area contributed by atoms with Crippen LogP contribution in [-0.2, 0) is 11.3 Å². The molecule has 3 rings (SSSR count). The SMILES string of the molecule is CC(C)(C)OC(=O)N1Cc2cccc3ncc(n23)C1=O. The highest BCUT2D eigenvalue weighted by Crippen LogP contribution is 2.22. The van der Waals surface area contributed by atoms with E-state index in [1.54, 1.807) is 25.2 Å². The van der Waals surface area contributed by atoms with Crippen molar-refractivity contribution in [1.82, 2.24) is 14.3 Å². The Morgan fingerprint density at radius 1 is 1.35 bits per heavy atom. The number of aromatic nitrogens is 2. The van der Waals surface area contributed by atoms with Crippen LogP contribution >= 0.6 is 0 Å². The standard InChI is InChI=1S/C14H15N3O3/c1-14(2,3)20-13(19)16-8-9-5-4-6-11-15-7-10(12(16)18)17(9)11/h4-7H,8H2,1-3H3. The van der Waals surface area contributed by atoms with Crippen molar-refractivity contribution < 1.29 is 14.3 Å². The molecule has 0 saturated heterocycles. The molecule has 2 aromatic rings. The summed E-state index contributed by atoms with van der Waals surface area (Å²) < 4.78 is 7.04. The van der Waals surface area contributed by atoms with Crippen LogP contribution in [0.15, 0.2) is 24.4 Å². The molecule has 0 spiro atoms. The fourth-order valence-electron chi connectivity index (χ4n) is 2.22. The number of rotatable bonds is 0. The Hall–Kier alpha value is -2.37. The van der Waals surface area contributed by atoms with Gasteiger partial charge < -0.3 is 4.74 Å². The Kier molecular flexibility index (Phi) is 2.57. The van der Waals surface area contributed by atoms with Gasteiger partial charge in [0.05, 0.1) is 12.7 Å². The number of hydrogen-bond donors (Lipinski definition) is 0. The van der Waals surface area contributed by atoms with Crippen LogP contribution in [0.5, 0.6) is 0 Å². The minimum Gasteiger partial charge on any atom is -0.443 e. The summed E-state index contributed by atoms with van der Waals surface area (Å²) in [5, 5.41) is 0. The van der Waals surface area contributed by atoms with Crippen LogP contribution in [0, 0.1) is 0 Å². The lowest BCUT2D eigenvalue weighted by Crippen LogP contribution is -2.43. The molecular formula is C14H15N3O3. The molecular weight excluding hydrogens is 258 g/mol. The third-order valence-corrected chi connectivity index (χ3v) is 3.01. The van der Waals surface area contributed by atoms with Gasteiger partial charge in [-0.05, 0) is 32.9 Å². The van der Waals surface area contributed by atoms with E-state index in [1.807, 2.05) is 18.2 Å². The van der Waals surface area contributed by atoms with E-state index in [2.05, 4.69) is 4.98 Å². The molecule has 6 nitrogen and oxygen atoms in total. The fourth-order valence-corrected chi connectivity index (χ4v) is 2.22. The van der Waals surface area contributed by atoms with Crippen LogP contribution in [0.3, 0.4) is 0 Å². The predicted molar refractivity (Wildman–Crippen MR) is 71.3 cm³/mol. The zero-order valence-electron chi connectivity index (χ0n) is 11.6. The van der Waals surface area contributed by atoms with E-state index in [0.717, 1.165) is 10.6 Å². The first-order valence-corrected chi connectivity index (χ1v) is 6.37. The van der Waals surface area contributed by atoms with Crippen LogP contribution in [0.25, 0.3) is 5.65 Å². The van der Waals surface area contributed by atoms with E-state index in [0.29, 0.717) is 11.3 Å². The number of imidazole rings is 1. The lowest BCUT2D eigenvalue weighted by atomic mass is 10.2. The maximum Gasteiger partial charge on any atom is 0.417 e. The van der Waals surface area contributed by atoms with Crippen LogP contribution in [0.2, 0.25) is 0 Å². The molecule has 0 radical (unpaired) electrons. The molecule has 0 aliphatic carbocycles. The monoisotopic (exact) mass is 273 g/mol. The van der Waals surface area contributed by atoms with Gasteiger partial charge >= 0.3 is 6.09 Å². The number of hydrogen-bond acceptors (Lipinski definition) is 4. The Morgan fingerprint density at radius 2 is 2.10 bits per heavy atom. The topological polar surface area (TPSA) is 63.9 Å². The van der Waals surface area contributed by atoms with Gasteiger partial charge in [-0.2, -0.15) is 0 Å². The number of nitrogens with zero attached hydrogens (tertiary/aromatic N) is 3. The molecule has 0 unspecified atom stereocenters. The van der Waals surface area contributed by atoms with E-state index in [1.165, 1.54) is 6.20 Å². The number of pyridine rings is 1. The van der Waals surface area contributed by atoms with Gasteiger partial charge in [-0.15, -0.1) is 0 Å². The largest absolute Gasteiger partial charge is 0.443 e. The second-order valence-electron chi connectivity index (χ2n) is 5.73. The normalized spacial score (nSPS) is 14.8. The maximum absolute atomic E-state index is 12.4. The zero-order chi connectivity index (χ0) is 14.5. The van der Waals surface area contributed by atoms with Crippen molar-refractivity contribution in [2.24, 2.45) is 0 Å². The average molecular weight is 273 g/mol. The Balaban J connectivity index is 1.99. The Morgan fingerprint density at radius 3 is 2.80 bits per heavy atom. The van der Waals surface area contributed by atoms with Crippen LogP contribution < -0.4 is 0 Å². The lowest BCUT2D eigenvalue weighted by molar-refractivity contribution is 0.0211. The van der Waals surface area contributed by atoms with Crippen molar-refractivity contribution in [1.29, 1.82) is 0 Å². The third-order valence-electron chi connectivity index (χ3n) is 3.01. The van der Waals surface area contributed by atoms with Crippen LogP contribution in [-0.4, -0.2) is 31.9 Å². The van der Waals surface area contributed by atoms with Crippen molar-refractivity contribution in [3.63, 3.8) is 0 Å². The lowest BCUT2D eigenvalue weighted by Gasteiger charge is -2.28. The van der Waals surface area contributed by atoms with E-state index >= 15 is 0 Å². The highest BCUT2D eigenvalue weighted by atomic mass is 16.6. The summed E-state index contributed by atoms with van der Waals surface area (Å²) in [5.74, 6) is -0.384. The van der Waals surface area contributed by atoms with Crippen molar-refractivity contribution in [2.75, 3.05) is 0 Å². The summed E-state index contributed by atoms with van der Waals surface area (Å²) in [6.45, 7) is 5.49. The van der Waals surface area contributed by atoms with Gasteiger partial charge in [-0.25, -0.2) is 14.7 Å². The zero-order valence-corrected chi connectivity index (χ0v) is 11.6. The van der Waals surface area contributed by atoms with E-state index < -0.39 is 11.7 Å². The molecule has 0 bridgehead atoms. The summed E-state index contributed by atoms with van der Waals surface area (Å²) in [6, 6.07) is 5.54. The predicted octanol–water partition coefficient (Wildman–Crippen LogP) is 2.23. The van der Waals surface area contributed by atoms with Crippen molar-refractivity contribution in [2.45, 2.75) is 32.9 Å². The molecule has 0 saturated carbocycles. The summed E-state index contributed by atoms with van der Waals surface area (Å²) >= 11 is 0. The number of ether oxygens (including phenoxy) is 1. The third kappa shape index (κ3) is 1.93. The van der Waals surface area contributed by atoms with Gasteiger partial charge in [-0.3, -0.25) is 9.20 Å². The van der Waals surface area contributed by atoms with Gasteiger partial charge in [-0.1, -0.05) is 6.07 Å². The molecule has 0 N–H and O–H groups in total. The number of imide groups is 1. The minimum absolute atomic E-state index is 0.189. The summed E-state index contributed by atoms with van der Waals surface area (Å²) in [6.07, 6.45) is 0.851. The van der Waals surface area contributed by atoms with Gasteiger partial charge in [0.1, 0.15) is 16.9 Å². The first-order valence-electron chi connectivity index (χ1n) is 6.37. The number of carbonyl (C=O) groups excluding carboxylic acids is 2. The van der Waals surface area contributed by atoms with Gasteiger partial charge in [0.2, 0.25) is 0 Å². The second-order valence-corrected chi connectivity index (χ2v) is 5.73. The van der Waals surface area contributed by atoms with Gasteiger partial charge in [0, 0.05) is 5.69 Å². The number of amides is 2. The summed E-state index contributed by atoms with van der Waals surface area (Å²) in [4.78, 5) is 29.8. The van der Waals surface area contributed by atoms with Crippen molar-refractivity contribution in [3.05, 3.63) is 35.8 Å². The van der Waals surface area contributed by atoms with Crippen LogP contribution in [0.1, 0.15) is 37.0 Å². The molecule has 0 aromatic carbocycles. The minimum atomic E-state index is -0.638. The highest BCUT2D eigenvalue weighted by Gasteiger charge is 2.33. The van der Waals surface area contributed by atoms with E-state index in [4.69, 9.17) is 4.74 Å². The first-order chi connectivity index (χ1) is 9.37. The van der Waals surface area contributed by atoms with Crippen molar-refractivity contribution in [3.8, 4) is 0 Å². The molecule has 20 heavy (non-hydrogen) atoms. The average Bonchev–Trinajstić information content (AvgIpc) is 2.77. The molecule has 2 amide bonds. The molecule has 2 aromatic heterocycles. The summed E-state index contributed by atoms with van der Waals surface area (Å²) in [5.41, 5.74) is 1.28. The fraction of sp³-hybridized carbons (Fsp3) is 0.357. The van der Waals surface area contributed by atoms with Crippen molar-refractivity contribution >= 4 is 17.6 Å². The van der Waals surface area contributed by atoms with Gasteiger partial charge in [0.15, 0.2) is 0 Å². The highest BCUT2D eigenvalue weighted by molar-refractivity contribution is 6.03. The molecule has 1 aliphatic rings. The molecule has 1 aliphatic heterocycles.